The number of phenols is 1. The predicted octanol–water partition coefficient (Wildman–Crippen LogP) is 4.61. The fourth-order valence-electron chi connectivity index (χ4n) is 3.73. The Morgan fingerprint density at radius 3 is 2.20 bits per heavy atom. The number of benzene rings is 2. The maximum Gasteiger partial charge on any atom is 0.330 e. The first-order chi connectivity index (χ1) is 13.9. The van der Waals surface area contributed by atoms with Crippen molar-refractivity contribution in [1.29, 1.82) is 0 Å². The molecule has 0 unspecified atom stereocenters. The van der Waals surface area contributed by atoms with Crippen LogP contribution < -0.4 is 4.90 Å². The molecule has 1 amide bonds. The summed E-state index contributed by atoms with van der Waals surface area (Å²) in [6, 6.07) is 13.9. The Morgan fingerprint density at radius 1 is 1.03 bits per heavy atom. The highest BCUT2D eigenvalue weighted by atomic mass is 16.6. The highest BCUT2D eigenvalue weighted by Crippen LogP contribution is 2.37. The molecule has 3 rings (SSSR count). The molecule has 30 heavy (non-hydrogen) atoms. The van der Waals surface area contributed by atoms with E-state index in [1.807, 2.05) is 51.1 Å². The number of aromatic hydroxyl groups is 1. The van der Waals surface area contributed by atoms with Crippen LogP contribution in [-0.4, -0.2) is 28.6 Å². The second-order valence-electron chi connectivity index (χ2n) is 9.96. The van der Waals surface area contributed by atoms with Gasteiger partial charge in [0.2, 0.25) is 5.91 Å². The van der Waals surface area contributed by atoms with Crippen molar-refractivity contribution in [3.8, 4) is 5.75 Å². The van der Waals surface area contributed by atoms with Crippen LogP contribution in [0.15, 0.2) is 48.5 Å². The molecule has 1 fully saturated rings. The Morgan fingerprint density at radius 2 is 1.67 bits per heavy atom. The molecule has 0 bridgehead atoms. The lowest BCUT2D eigenvalue weighted by Gasteiger charge is -2.46. The second kappa shape index (κ2) is 7.78. The molecule has 0 aromatic heterocycles. The van der Waals surface area contributed by atoms with Gasteiger partial charge in [-0.05, 0) is 68.0 Å². The zero-order chi connectivity index (χ0) is 22.3. The first-order valence-electron chi connectivity index (χ1n) is 10.3. The molecule has 0 aliphatic carbocycles. The van der Waals surface area contributed by atoms with Crippen LogP contribution in [0.25, 0.3) is 0 Å². The molecule has 0 radical (unpaired) electrons. The second-order valence-corrected chi connectivity index (χ2v) is 9.96. The molecule has 2 aromatic carbocycles. The van der Waals surface area contributed by atoms with Crippen molar-refractivity contribution in [3.05, 3.63) is 59.7 Å². The van der Waals surface area contributed by atoms with Gasteiger partial charge in [0.25, 0.3) is 0 Å². The Hall–Kier alpha value is -2.82. The lowest BCUT2D eigenvalue weighted by atomic mass is 9.81. The summed E-state index contributed by atoms with van der Waals surface area (Å²) in [7, 11) is 0. The molecular weight excluding hydrogens is 378 g/mol. The topological polar surface area (TPSA) is 66.8 Å². The molecule has 0 spiro atoms. The lowest BCUT2D eigenvalue weighted by molar-refractivity contribution is -0.163. The van der Waals surface area contributed by atoms with Crippen molar-refractivity contribution in [2.75, 3.05) is 4.90 Å². The molecule has 1 aliphatic heterocycles. The smallest absolute Gasteiger partial charge is 0.330 e. The van der Waals surface area contributed by atoms with Crippen molar-refractivity contribution in [2.24, 2.45) is 5.92 Å². The molecule has 1 heterocycles. The molecule has 2 aromatic rings. The number of ether oxygens (including phenoxy) is 1. The van der Waals surface area contributed by atoms with Crippen molar-refractivity contribution >= 4 is 17.6 Å². The summed E-state index contributed by atoms with van der Waals surface area (Å²) in [6.07, 6.45) is 0.369. The van der Waals surface area contributed by atoms with E-state index in [0.29, 0.717) is 12.1 Å². The van der Waals surface area contributed by atoms with E-state index in [2.05, 4.69) is 20.8 Å². The zero-order valence-electron chi connectivity index (χ0n) is 18.6. The molecule has 1 aliphatic rings. The summed E-state index contributed by atoms with van der Waals surface area (Å²) in [4.78, 5) is 27.6. The number of phenolic OH excluding ortho intramolecular Hbond substituents is 1. The van der Waals surface area contributed by atoms with Crippen molar-refractivity contribution in [2.45, 2.75) is 65.0 Å². The van der Waals surface area contributed by atoms with Gasteiger partial charge in [-0.25, -0.2) is 4.79 Å². The van der Waals surface area contributed by atoms with E-state index in [0.717, 1.165) is 11.1 Å². The van der Waals surface area contributed by atoms with Gasteiger partial charge in [-0.3, -0.25) is 9.69 Å². The first-order valence-corrected chi connectivity index (χ1v) is 10.3. The van der Waals surface area contributed by atoms with E-state index >= 15 is 0 Å². The fraction of sp³-hybridized carbons (Fsp3) is 0.440. The monoisotopic (exact) mass is 409 g/mol. The maximum absolute atomic E-state index is 13.1. The van der Waals surface area contributed by atoms with Gasteiger partial charge < -0.3 is 9.84 Å². The van der Waals surface area contributed by atoms with E-state index in [-0.39, 0.29) is 17.1 Å². The average molecular weight is 410 g/mol. The molecule has 1 N–H and O–H groups in total. The van der Waals surface area contributed by atoms with Gasteiger partial charge in [-0.2, -0.15) is 0 Å². The lowest BCUT2D eigenvalue weighted by Crippen LogP contribution is -2.66. The molecule has 2 atom stereocenters. The molecular formula is C25H31NO4. The molecule has 1 saturated heterocycles. The molecule has 5 nitrogen and oxygen atoms in total. The number of amides is 1. The quantitative estimate of drug-likeness (QED) is 0.592. The summed E-state index contributed by atoms with van der Waals surface area (Å²) < 4.78 is 5.63. The summed E-state index contributed by atoms with van der Waals surface area (Å²) >= 11 is 0. The fourth-order valence-corrected chi connectivity index (χ4v) is 3.73. The summed E-state index contributed by atoms with van der Waals surface area (Å²) in [6.45, 7) is 11.8. The first kappa shape index (κ1) is 21.9. The van der Waals surface area contributed by atoms with Crippen molar-refractivity contribution in [3.63, 3.8) is 0 Å². The number of esters is 1. The van der Waals surface area contributed by atoms with Crippen LogP contribution >= 0.6 is 0 Å². The van der Waals surface area contributed by atoms with Crippen molar-refractivity contribution < 1.29 is 19.4 Å². The minimum Gasteiger partial charge on any atom is -0.508 e. The summed E-state index contributed by atoms with van der Waals surface area (Å²) in [5.74, 6) is -0.906. The number of hydrogen-bond donors (Lipinski definition) is 1. The zero-order valence-corrected chi connectivity index (χ0v) is 18.6. The number of hydrogen-bond acceptors (Lipinski definition) is 4. The highest BCUT2D eigenvalue weighted by molar-refractivity contribution is 6.10. The van der Waals surface area contributed by atoms with Crippen LogP contribution in [0, 0.1) is 5.92 Å². The van der Waals surface area contributed by atoms with E-state index in [1.54, 1.807) is 18.2 Å². The number of nitrogens with zero attached hydrogens (tertiary/aromatic N) is 1. The van der Waals surface area contributed by atoms with Gasteiger partial charge in [0.1, 0.15) is 17.4 Å². The predicted molar refractivity (Wildman–Crippen MR) is 118 cm³/mol. The largest absolute Gasteiger partial charge is 0.508 e. The summed E-state index contributed by atoms with van der Waals surface area (Å²) in [5, 5.41) is 9.75. The number of carbonyl (C=O) groups is 2. The van der Waals surface area contributed by atoms with Crippen LogP contribution in [0.4, 0.5) is 5.69 Å². The average Bonchev–Trinajstić information content (AvgIpc) is 2.62. The van der Waals surface area contributed by atoms with E-state index in [1.165, 1.54) is 4.90 Å². The van der Waals surface area contributed by atoms with Crippen LogP contribution in [0.1, 0.15) is 52.7 Å². The van der Waals surface area contributed by atoms with Gasteiger partial charge >= 0.3 is 5.97 Å². The maximum atomic E-state index is 13.1. The van der Waals surface area contributed by atoms with Crippen LogP contribution in [0.2, 0.25) is 0 Å². The van der Waals surface area contributed by atoms with E-state index < -0.39 is 23.5 Å². The van der Waals surface area contributed by atoms with Gasteiger partial charge in [-0.1, -0.05) is 45.0 Å². The Kier molecular flexibility index (Phi) is 5.68. The third-order valence-corrected chi connectivity index (χ3v) is 5.24. The number of rotatable bonds is 4. The van der Waals surface area contributed by atoms with E-state index in [4.69, 9.17) is 4.74 Å². The van der Waals surface area contributed by atoms with Gasteiger partial charge in [0, 0.05) is 5.69 Å². The van der Waals surface area contributed by atoms with Gasteiger partial charge in [0.15, 0.2) is 0 Å². The number of β-lactam (4-membered cyclic amide) rings is 1. The molecule has 5 heteroatoms. The highest BCUT2D eigenvalue weighted by Gasteiger charge is 2.53. The third kappa shape index (κ3) is 4.66. The van der Waals surface area contributed by atoms with Crippen LogP contribution in [-0.2, 0) is 26.2 Å². The Labute approximate surface area is 178 Å². The molecule has 0 saturated carbocycles. The normalized spacial score (nSPS) is 19.4. The number of anilines is 1. The van der Waals surface area contributed by atoms with Gasteiger partial charge in [0.05, 0.1) is 5.92 Å². The standard InChI is InChI=1S/C25H31NO4/c1-24(2,3)17-10-12-18(13-11-17)26-21(23(29)30-25(4,5)6)20(22(26)28)15-16-8-7-9-19(27)14-16/h7-14,20-21,27H,15H2,1-6H3/t20-,21-/m0/s1. The SMILES string of the molecule is CC(C)(C)OC(=O)[C@@H]1[C@H](Cc2cccc(O)c2)C(=O)N1c1ccc(C(C)(C)C)cc1. The Bertz CT molecular complexity index is 935. The van der Waals surface area contributed by atoms with E-state index in [9.17, 15) is 14.7 Å². The third-order valence-electron chi connectivity index (χ3n) is 5.24. The minimum absolute atomic E-state index is 0.000100. The van der Waals surface area contributed by atoms with Crippen LogP contribution in [0.5, 0.6) is 5.75 Å². The minimum atomic E-state index is -0.695. The van der Waals surface area contributed by atoms with Gasteiger partial charge in [-0.15, -0.1) is 0 Å². The number of carbonyl (C=O) groups excluding carboxylic acids is 2. The summed E-state index contributed by atoms with van der Waals surface area (Å²) in [5.41, 5.74) is 2.01. The molecule has 160 valence electrons. The van der Waals surface area contributed by atoms with Crippen LogP contribution in [0.3, 0.4) is 0 Å². The Balaban J connectivity index is 1.90. The van der Waals surface area contributed by atoms with Crippen molar-refractivity contribution in [1.82, 2.24) is 0 Å².